The van der Waals surface area contributed by atoms with Gasteiger partial charge in [0, 0.05) is 23.8 Å². The van der Waals surface area contributed by atoms with Crippen molar-refractivity contribution in [1.29, 1.82) is 0 Å². The van der Waals surface area contributed by atoms with Crippen LogP contribution in [0.15, 0.2) is 24.3 Å². The Morgan fingerprint density at radius 1 is 1.21 bits per heavy atom. The second kappa shape index (κ2) is 8.71. The second-order valence-corrected chi connectivity index (χ2v) is 6.45. The van der Waals surface area contributed by atoms with Crippen molar-refractivity contribution in [3.63, 3.8) is 0 Å². The molecular weight excluding hydrogens is 304 g/mol. The number of amides is 1. The molecule has 0 bridgehead atoms. The first kappa shape index (κ1) is 20.0. The zero-order chi connectivity index (χ0) is 18.3. The van der Waals surface area contributed by atoms with Gasteiger partial charge in [-0.15, -0.1) is 0 Å². The van der Waals surface area contributed by atoms with Crippen molar-refractivity contribution in [1.82, 2.24) is 5.32 Å². The van der Waals surface area contributed by atoms with Gasteiger partial charge < -0.3 is 15.0 Å². The van der Waals surface area contributed by atoms with E-state index < -0.39 is 11.5 Å². The van der Waals surface area contributed by atoms with Crippen LogP contribution in [0.4, 0.5) is 5.69 Å². The molecule has 1 aromatic carbocycles. The van der Waals surface area contributed by atoms with Gasteiger partial charge in [0.05, 0.1) is 7.11 Å². The van der Waals surface area contributed by atoms with Gasteiger partial charge in [0.25, 0.3) is 5.91 Å². The normalized spacial score (nSPS) is 13.3. The molecule has 0 saturated carbocycles. The van der Waals surface area contributed by atoms with Gasteiger partial charge in [-0.3, -0.25) is 4.79 Å². The van der Waals surface area contributed by atoms with Gasteiger partial charge in [0.15, 0.2) is 0 Å². The predicted molar refractivity (Wildman–Crippen MR) is 97.4 cm³/mol. The molecule has 0 saturated heterocycles. The summed E-state index contributed by atoms with van der Waals surface area (Å²) < 4.78 is 4.84. The minimum Gasteiger partial charge on any atom is -0.467 e. The first-order chi connectivity index (χ1) is 11.3. The maximum Gasteiger partial charge on any atom is 0.331 e. The third kappa shape index (κ3) is 4.73. The molecular formula is C19H30N2O3. The van der Waals surface area contributed by atoms with Gasteiger partial charge in [-0.1, -0.05) is 13.3 Å². The Kier molecular flexibility index (Phi) is 7.26. The van der Waals surface area contributed by atoms with E-state index in [1.54, 1.807) is 19.1 Å². The summed E-state index contributed by atoms with van der Waals surface area (Å²) in [5.41, 5.74) is 0.602. The summed E-state index contributed by atoms with van der Waals surface area (Å²) in [6.07, 6.45) is 1.30. The number of carbonyl (C=O) groups is 2. The molecule has 1 atom stereocenters. The third-order valence-electron chi connectivity index (χ3n) is 4.20. The van der Waals surface area contributed by atoms with Crippen LogP contribution in [0.25, 0.3) is 0 Å². The first-order valence-electron chi connectivity index (χ1n) is 8.56. The van der Waals surface area contributed by atoms with Crippen LogP contribution in [-0.4, -0.2) is 37.1 Å². The highest BCUT2D eigenvalue weighted by molar-refractivity contribution is 5.98. The summed E-state index contributed by atoms with van der Waals surface area (Å²) in [5.74, 6) is -0.693. The number of carbonyl (C=O) groups excluding carboxylic acids is 2. The molecule has 1 aromatic rings. The molecule has 0 heterocycles. The standard InChI is InChI=1S/C19H30N2O3/c1-7-13-19(5,18(23)24-6)20-17(22)15-9-11-16(12-10-15)21(8-2)14(3)4/h9-12,14H,7-8,13H2,1-6H3,(H,20,22). The molecule has 0 fully saturated rings. The highest BCUT2D eigenvalue weighted by atomic mass is 16.5. The second-order valence-electron chi connectivity index (χ2n) is 6.45. The largest absolute Gasteiger partial charge is 0.467 e. The molecule has 0 aliphatic carbocycles. The lowest BCUT2D eigenvalue weighted by atomic mass is 9.95. The summed E-state index contributed by atoms with van der Waals surface area (Å²) in [5, 5.41) is 2.82. The van der Waals surface area contributed by atoms with E-state index in [1.807, 2.05) is 19.1 Å². The molecule has 0 aromatic heterocycles. The van der Waals surface area contributed by atoms with Crippen LogP contribution in [0, 0.1) is 0 Å². The number of rotatable bonds is 8. The Balaban J connectivity index is 2.93. The quantitative estimate of drug-likeness (QED) is 0.741. The Morgan fingerprint density at radius 2 is 1.79 bits per heavy atom. The number of nitrogens with one attached hydrogen (secondary N) is 1. The highest BCUT2D eigenvalue weighted by Crippen LogP contribution is 2.19. The van der Waals surface area contributed by atoms with Crippen LogP contribution < -0.4 is 10.2 Å². The fraction of sp³-hybridized carbons (Fsp3) is 0.579. The van der Waals surface area contributed by atoms with E-state index in [-0.39, 0.29) is 5.91 Å². The SMILES string of the molecule is CCCC(C)(NC(=O)c1ccc(N(CC)C(C)C)cc1)C(=O)OC. The Bertz CT molecular complexity index is 554. The molecule has 0 aliphatic heterocycles. The van der Waals surface area contributed by atoms with Gasteiger partial charge in [0.1, 0.15) is 5.54 Å². The average molecular weight is 334 g/mol. The van der Waals surface area contributed by atoms with Crippen molar-refractivity contribution in [3.8, 4) is 0 Å². The van der Waals surface area contributed by atoms with Crippen LogP contribution in [0.3, 0.4) is 0 Å². The van der Waals surface area contributed by atoms with Crippen molar-refractivity contribution in [2.75, 3.05) is 18.6 Å². The van der Waals surface area contributed by atoms with Crippen LogP contribution in [0.5, 0.6) is 0 Å². The van der Waals surface area contributed by atoms with E-state index in [2.05, 4.69) is 31.0 Å². The monoisotopic (exact) mass is 334 g/mol. The van der Waals surface area contributed by atoms with Crippen molar-refractivity contribution in [2.45, 2.75) is 59.0 Å². The Labute approximate surface area is 145 Å². The summed E-state index contributed by atoms with van der Waals surface area (Å²) in [4.78, 5) is 26.8. The van der Waals surface area contributed by atoms with Gasteiger partial charge in [0.2, 0.25) is 0 Å². The van der Waals surface area contributed by atoms with Crippen molar-refractivity contribution in [2.24, 2.45) is 0 Å². The number of hydrogen-bond donors (Lipinski definition) is 1. The smallest absolute Gasteiger partial charge is 0.331 e. The van der Waals surface area contributed by atoms with Crippen molar-refractivity contribution >= 4 is 17.6 Å². The number of benzene rings is 1. The molecule has 1 rings (SSSR count). The summed E-state index contributed by atoms with van der Waals surface area (Å²) in [6.45, 7) is 10.9. The highest BCUT2D eigenvalue weighted by Gasteiger charge is 2.35. The van der Waals surface area contributed by atoms with E-state index >= 15 is 0 Å². The van der Waals surface area contributed by atoms with Crippen LogP contribution >= 0.6 is 0 Å². The molecule has 1 amide bonds. The summed E-state index contributed by atoms with van der Waals surface area (Å²) >= 11 is 0. The van der Waals surface area contributed by atoms with Gasteiger partial charge >= 0.3 is 5.97 Å². The van der Waals surface area contributed by atoms with Gasteiger partial charge in [-0.25, -0.2) is 4.79 Å². The minimum absolute atomic E-state index is 0.268. The number of anilines is 1. The average Bonchev–Trinajstić information content (AvgIpc) is 2.55. The maximum atomic E-state index is 12.5. The van der Waals surface area contributed by atoms with Crippen LogP contribution in [-0.2, 0) is 9.53 Å². The van der Waals surface area contributed by atoms with Crippen LogP contribution in [0.2, 0.25) is 0 Å². The molecule has 0 aliphatic rings. The van der Waals surface area contributed by atoms with Crippen LogP contribution in [0.1, 0.15) is 57.8 Å². The van der Waals surface area contributed by atoms with E-state index in [9.17, 15) is 9.59 Å². The predicted octanol–water partition coefficient (Wildman–Crippen LogP) is 3.38. The molecule has 134 valence electrons. The number of hydrogen-bond acceptors (Lipinski definition) is 4. The molecule has 0 radical (unpaired) electrons. The number of methoxy groups -OCH3 is 1. The van der Waals surface area contributed by atoms with E-state index in [1.165, 1.54) is 7.11 Å². The number of ether oxygens (including phenoxy) is 1. The molecule has 1 unspecified atom stereocenters. The number of nitrogens with zero attached hydrogens (tertiary/aromatic N) is 1. The van der Waals surface area contributed by atoms with Crippen molar-refractivity contribution in [3.05, 3.63) is 29.8 Å². The van der Waals surface area contributed by atoms with E-state index in [0.29, 0.717) is 18.0 Å². The fourth-order valence-corrected chi connectivity index (χ4v) is 2.91. The molecule has 5 heteroatoms. The third-order valence-corrected chi connectivity index (χ3v) is 4.20. The molecule has 24 heavy (non-hydrogen) atoms. The summed E-state index contributed by atoms with van der Waals surface area (Å²) in [7, 11) is 1.34. The van der Waals surface area contributed by atoms with E-state index in [0.717, 1.165) is 18.7 Å². The zero-order valence-electron chi connectivity index (χ0n) is 15.7. The Morgan fingerprint density at radius 3 is 2.21 bits per heavy atom. The van der Waals surface area contributed by atoms with Crippen molar-refractivity contribution < 1.29 is 14.3 Å². The summed E-state index contributed by atoms with van der Waals surface area (Å²) in [6, 6.07) is 7.85. The van der Waals surface area contributed by atoms with Gasteiger partial charge in [-0.2, -0.15) is 0 Å². The van der Waals surface area contributed by atoms with Gasteiger partial charge in [-0.05, 0) is 58.4 Å². The maximum absolute atomic E-state index is 12.5. The lowest BCUT2D eigenvalue weighted by Crippen LogP contribution is -2.52. The molecule has 1 N–H and O–H groups in total. The first-order valence-corrected chi connectivity index (χ1v) is 8.56. The lowest BCUT2D eigenvalue weighted by Gasteiger charge is -2.28. The minimum atomic E-state index is -1.01. The molecule has 5 nitrogen and oxygen atoms in total. The van der Waals surface area contributed by atoms with E-state index in [4.69, 9.17) is 4.74 Å². The topological polar surface area (TPSA) is 58.6 Å². The lowest BCUT2D eigenvalue weighted by molar-refractivity contribution is -0.147. The number of esters is 1. The molecule has 0 spiro atoms. The zero-order valence-corrected chi connectivity index (χ0v) is 15.7. The fourth-order valence-electron chi connectivity index (χ4n) is 2.91. The Hall–Kier alpha value is -2.04.